The number of halogens is 6. The molecule has 8 rings (SSSR count). The van der Waals surface area contributed by atoms with E-state index in [1.807, 2.05) is 12.2 Å². The van der Waals surface area contributed by atoms with Gasteiger partial charge in [-0.2, -0.15) is 6.08 Å². The molecule has 304 valence electrons. The summed E-state index contributed by atoms with van der Waals surface area (Å²) < 4.78 is 75.6. The van der Waals surface area contributed by atoms with Crippen molar-refractivity contribution in [2.24, 2.45) is 0 Å². The van der Waals surface area contributed by atoms with Gasteiger partial charge in [-0.05, 0) is 39.5 Å². The summed E-state index contributed by atoms with van der Waals surface area (Å²) in [5.74, 6) is 0. The first-order valence-electron chi connectivity index (χ1n) is 19.8. The van der Waals surface area contributed by atoms with Crippen LogP contribution in [0.15, 0.2) is 146 Å². The van der Waals surface area contributed by atoms with Gasteiger partial charge in [-0.3, -0.25) is 6.08 Å². The van der Waals surface area contributed by atoms with E-state index in [9.17, 15) is 26.3 Å². The Bertz CT molecular complexity index is 2320. The van der Waals surface area contributed by atoms with E-state index >= 15 is 0 Å². The number of fused-ring (bicyclic) bond motifs is 3. The molecule has 0 atom stereocenters. The summed E-state index contributed by atoms with van der Waals surface area (Å²) in [5, 5.41) is 0. The van der Waals surface area contributed by atoms with Gasteiger partial charge in [0, 0.05) is 0 Å². The first-order chi connectivity index (χ1) is 28.2. The zero-order valence-electron chi connectivity index (χ0n) is 34.5. The third-order valence-electron chi connectivity index (χ3n) is 10.4. The van der Waals surface area contributed by atoms with Gasteiger partial charge in [-0.1, -0.05) is 131 Å². The molecule has 7 heteroatoms. The van der Waals surface area contributed by atoms with Crippen molar-refractivity contribution in [3.8, 4) is 33.4 Å². The molecule has 60 heavy (non-hydrogen) atoms. The van der Waals surface area contributed by atoms with Gasteiger partial charge in [-0.25, -0.2) is 12.2 Å². The van der Waals surface area contributed by atoms with E-state index in [2.05, 4.69) is 139 Å². The molecule has 0 bridgehead atoms. The molecular weight excluding hydrogens is 842 g/mol. The fourth-order valence-corrected chi connectivity index (χ4v) is 8.08. The quantitative estimate of drug-likeness (QED) is 0.122. The fourth-order valence-electron chi connectivity index (χ4n) is 7.26. The number of hydrogen-bond acceptors (Lipinski definition) is 0. The molecule has 0 spiro atoms. The van der Waals surface area contributed by atoms with Crippen LogP contribution in [0.2, 0.25) is 0 Å². The van der Waals surface area contributed by atoms with Gasteiger partial charge in [0.15, 0.2) is 0 Å². The second-order valence-corrected chi connectivity index (χ2v) is 18.2. The van der Waals surface area contributed by atoms with Crippen molar-refractivity contribution >= 4 is 3.21 Å². The second-order valence-electron chi connectivity index (χ2n) is 16.9. The second kappa shape index (κ2) is 18.0. The summed E-state index contributed by atoms with van der Waals surface area (Å²) in [5.41, 5.74) is 13.1. The largest absolute Gasteiger partial charge is 0.273 e. The van der Waals surface area contributed by atoms with Crippen molar-refractivity contribution in [2.75, 3.05) is 0 Å². The van der Waals surface area contributed by atoms with Gasteiger partial charge in [0.2, 0.25) is 0 Å². The van der Waals surface area contributed by atoms with Crippen molar-refractivity contribution in [2.45, 2.75) is 77.6 Å². The smallest absolute Gasteiger partial charge is 0.109 e. The maximum atomic E-state index is 12.5. The zero-order valence-corrected chi connectivity index (χ0v) is 37.0. The monoisotopic (exact) mass is 886 g/mol. The molecule has 0 nitrogen and oxygen atoms in total. The minimum Gasteiger partial charge on any atom is -0.273 e. The van der Waals surface area contributed by atoms with Crippen molar-refractivity contribution in [3.05, 3.63) is 202 Å². The molecule has 0 amide bonds. The van der Waals surface area contributed by atoms with Crippen molar-refractivity contribution in [1.29, 1.82) is 0 Å². The molecule has 0 saturated heterocycles. The Balaban J connectivity index is 0.000000192. The number of allylic oxidation sites excluding steroid dienone is 4. The summed E-state index contributed by atoms with van der Waals surface area (Å²) in [6.07, 6.45) is 2.13. The molecule has 6 aromatic rings. The number of alkyl halides is 6. The Morgan fingerprint density at radius 1 is 0.550 bits per heavy atom. The molecular formula is C53H46F6Zr. The molecule has 0 aromatic heterocycles. The van der Waals surface area contributed by atoms with E-state index in [-0.39, 0.29) is 10.8 Å². The van der Waals surface area contributed by atoms with Gasteiger partial charge in [0.1, 0.15) is 0 Å². The fraction of sp³-hybridized carbons (Fsp3) is 0.226. The Morgan fingerprint density at radius 2 is 1.03 bits per heavy atom. The molecule has 0 unspecified atom stereocenters. The Hall–Kier alpha value is -4.87. The van der Waals surface area contributed by atoms with Crippen LogP contribution in [-0.4, -0.2) is 3.21 Å². The third kappa shape index (κ3) is 10.7. The van der Waals surface area contributed by atoms with E-state index in [0.717, 1.165) is 61.3 Å². The summed E-state index contributed by atoms with van der Waals surface area (Å²) in [6.45, 7) is 13.9. The first kappa shape index (κ1) is 44.7. The van der Waals surface area contributed by atoms with Crippen molar-refractivity contribution in [3.63, 3.8) is 0 Å². The van der Waals surface area contributed by atoms with Crippen LogP contribution in [0.5, 0.6) is 0 Å². The Kier molecular flexibility index (Phi) is 13.4. The van der Waals surface area contributed by atoms with E-state index in [1.54, 1.807) is 0 Å². The van der Waals surface area contributed by atoms with Gasteiger partial charge in [0.25, 0.3) is 0 Å². The van der Waals surface area contributed by atoms with E-state index in [0.29, 0.717) is 14.3 Å². The predicted octanol–water partition coefficient (Wildman–Crippen LogP) is 15.1. The van der Waals surface area contributed by atoms with Crippen LogP contribution in [0.4, 0.5) is 26.3 Å². The van der Waals surface area contributed by atoms with Crippen molar-refractivity contribution in [1.82, 2.24) is 0 Å². The molecule has 0 saturated carbocycles. The van der Waals surface area contributed by atoms with Crippen LogP contribution in [0, 0.1) is 12.1 Å². The van der Waals surface area contributed by atoms with Crippen LogP contribution in [0.1, 0.15) is 92.5 Å². The molecule has 0 aliphatic heterocycles. The van der Waals surface area contributed by atoms with E-state index in [1.165, 1.54) is 79.9 Å². The average Bonchev–Trinajstić information content (AvgIpc) is 3.91. The van der Waals surface area contributed by atoms with Crippen molar-refractivity contribution < 1.29 is 50.6 Å². The number of rotatable bonds is 4. The van der Waals surface area contributed by atoms with Crippen LogP contribution in [-0.2, 0) is 53.8 Å². The molecule has 2 aliphatic rings. The number of benzene rings is 6. The third-order valence-corrected chi connectivity index (χ3v) is 11.8. The van der Waals surface area contributed by atoms with Crippen LogP contribution in [0.25, 0.3) is 33.4 Å². The normalized spacial score (nSPS) is 13.2. The standard InChI is InChI=1S/C33H33.C15H8F6.C5H5.Zr/c1-32(2,3)30-20-26-24(18-28(30)22-13-9-7-10-14-22)17-25-19-29(23-15-11-8-12-16-23)31(21-27(25)26)33(4,5)6;16-14(17,18)12-5-1-10(2-6-12)9-11-3-7-13(8-4-11)15(19,20)21;1-2-4-5-3-1;/h7-16,18,20-21H,17H2,1-6H3;1-8H;1-3H,4H2;/q-1;;-1;+2. The number of hydrogen-bond donors (Lipinski definition) is 0. The van der Waals surface area contributed by atoms with Crippen LogP contribution in [0.3, 0.4) is 0 Å². The summed E-state index contributed by atoms with van der Waals surface area (Å²) in [4.78, 5) is 0. The van der Waals surface area contributed by atoms with Crippen LogP contribution < -0.4 is 0 Å². The van der Waals surface area contributed by atoms with E-state index < -0.39 is 23.5 Å². The first-order valence-corrected chi connectivity index (χ1v) is 21.0. The average molecular weight is 888 g/mol. The zero-order chi connectivity index (χ0) is 43.5. The van der Waals surface area contributed by atoms with Gasteiger partial charge in [-0.15, -0.1) is 35.2 Å². The molecule has 0 heterocycles. The van der Waals surface area contributed by atoms with E-state index in [4.69, 9.17) is 0 Å². The van der Waals surface area contributed by atoms with Gasteiger partial charge in [0.05, 0.1) is 0 Å². The topological polar surface area (TPSA) is 0 Å². The Morgan fingerprint density at radius 3 is 1.45 bits per heavy atom. The minimum atomic E-state index is -4.41. The summed E-state index contributed by atoms with van der Waals surface area (Å²) >= 11 is 0.898. The van der Waals surface area contributed by atoms with Gasteiger partial charge >= 0.3 is 137 Å². The Labute approximate surface area is 365 Å². The molecule has 0 radical (unpaired) electrons. The summed E-state index contributed by atoms with van der Waals surface area (Å²) in [6, 6.07) is 42.0. The predicted molar refractivity (Wildman–Crippen MR) is 229 cm³/mol. The molecule has 2 aliphatic carbocycles. The summed E-state index contributed by atoms with van der Waals surface area (Å²) in [7, 11) is 0. The molecule has 6 aromatic carbocycles. The maximum Gasteiger partial charge on any atom is -0.109 e. The van der Waals surface area contributed by atoms with Crippen LogP contribution >= 0.6 is 0 Å². The molecule has 0 fully saturated rings. The molecule has 0 N–H and O–H groups in total. The SMILES string of the molecule is CC(C)(C)c1cc2c([c-]c1-c1ccccc1)Cc1cc(-c3ccccc3)c(C(C)(C)C)cc1-2.FC(F)(F)c1ccc([C](=[Zr+2])c2ccc(C(F)(F)F)cc2)cc1.[C-]1=CC=CC1. The van der Waals surface area contributed by atoms with Gasteiger partial charge < -0.3 is 0 Å². The minimum absolute atomic E-state index is 0.0380. The maximum absolute atomic E-state index is 12.5.